The Morgan fingerprint density at radius 1 is 1.11 bits per heavy atom. The van der Waals surface area contributed by atoms with Crippen molar-refractivity contribution >= 4 is 5.91 Å². The van der Waals surface area contributed by atoms with Crippen molar-refractivity contribution in [1.29, 1.82) is 0 Å². The highest BCUT2D eigenvalue weighted by Gasteiger charge is 2.14. The standard InChI is InChI=1S/C22H26N4O2/c1-25(2)11-12-26-15-20(19-10-6-9-18(13-19)14-21(23)27)22(24-26)28-16-17-7-4-3-5-8-17/h3-10,13,15H,11-12,14,16H2,1-2H3,(H2,23,27). The van der Waals surface area contributed by atoms with Crippen LogP contribution in [-0.4, -0.2) is 41.2 Å². The molecule has 2 N–H and O–H groups in total. The van der Waals surface area contributed by atoms with Crippen LogP contribution in [0, 0.1) is 0 Å². The van der Waals surface area contributed by atoms with Gasteiger partial charge in [-0.2, -0.15) is 0 Å². The fourth-order valence-electron chi connectivity index (χ4n) is 2.90. The molecule has 0 aliphatic carbocycles. The summed E-state index contributed by atoms with van der Waals surface area (Å²) >= 11 is 0. The molecular weight excluding hydrogens is 352 g/mol. The number of nitrogens with two attached hydrogens (primary N) is 1. The molecule has 0 saturated heterocycles. The summed E-state index contributed by atoms with van der Waals surface area (Å²) in [6.45, 7) is 2.08. The van der Waals surface area contributed by atoms with E-state index in [0.29, 0.717) is 12.5 Å². The Bertz CT molecular complexity index is 919. The number of hydrogen-bond acceptors (Lipinski definition) is 4. The summed E-state index contributed by atoms with van der Waals surface area (Å²) in [5, 5.41) is 4.64. The second-order valence-corrected chi connectivity index (χ2v) is 7.03. The van der Waals surface area contributed by atoms with Gasteiger partial charge in [-0.05, 0) is 30.8 Å². The second kappa shape index (κ2) is 9.19. The van der Waals surface area contributed by atoms with Gasteiger partial charge in [0, 0.05) is 12.7 Å². The average Bonchev–Trinajstić information content (AvgIpc) is 3.08. The van der Waals surface area contributed by atoms with E-state index in [9.17, 15) is 4.79 Å². The van der Waals surface area contributed by atoms with Crippen molar-refractivity contribution in [2.75, 3.05) is 20.6 Å². The molecule has 28 heavy (non-hydrogen) atoms. The fraction of sp³-hybridized carbons (Fsp3) is 0.273. The molecule has 0 atom stereocenters. The van der Waals surface area contributed by atoms with Crippen molar-refractivity contribution in [1.82, 2.24) is 14.7 Å². The van der Waals surface area contributed by atoms with Gasteiger partial charge in [0.1, 0.15) is 6.61 Å². The minimum atomic E-state index is -0.348. The number of carbonyl (C=O) groups excluding carboxylic acids is 1. The number of rotatable bonds is 9. The van der Waals surface area contributed by atoms with Crippen molar-refractivity contribution in [3.63, 3.8) is 0 Å². The predicted molar refractivity (Wildman–Crippen MR) is 110 cm³/mol. The number of likely N-dealkylation sites (N-methyl/N-ethyl adjacent to an activating group) is 1. The molecule has 0 unspecified atom stereocenters. The number of primary amides is 1. The zero-order valence-electron chi connectivity index (χ0n) is 16.3. The van der Waals surface area contributed by atoms with Gasteiger partial charge < -0.3 is 15.4 Å². The summed E-state index contributed by atoms with van der Waals surface area (Å²) in [5.41, 5.74) is 9.16. The lowest BCUT2D eigenvalue weighted by Crippen LogP contribution is -2.18. The number of ether oxygens (including phenoxy) is 1. The van der Waals surface area contributed by atoms with Gasteiger partial charge >= 0.3 is 0 Å². The van der Waals surface area contributed by atoms with E-state index in [2.05, 4.69) is 10.00 Å². The lowest BCUT2D eigenvalue weighted by Gasteiger charge is -2.08. The Morgan fingerprint density at radius 3 is 2.57 bits per heavy atom. The second-order valence-electron chi connectivity index (χ2n) is 7.03. The Kier molecular flexibility index (Phi) is 6.45. The van der Waals surface area contributed by atoms with Crippen molar-refractivity contribution < 1.29 is 9.53 Å². The molecule has 1 aromatic heterocycles. The van der Waals surface area contributed by atoms with E-state index in [1.807, 2.05) is 79.6 Å². The molecule has 3 aromatic rings. The summed E-state index contributed by atoms with van der Waals surface area (Å²) < 4.78 is 7.95. The number of aromatic nitrogens is 2. The molecular formula is C22H26N4O2. The van der Waals surface area contributed by atoms with Crippen molar-refractivity contribution in [3.05, 3.63) is 71.9 Å². The minimum Gasteiger partial charge on any atom is -0.471 e. The number of amides is 1. The lowest BCUT2D eigenvalue weighted by atomic mass is 10.0. The molecule has 2 aromatic carbocycles. The third kappa shape index (κ3) is 5.44. The van der Waals surface area contributed by atoms with Crippen LogP contribution < -0.4 is 10.5 Å². The third-order valence-electron chi connectivity index (χ3n) is 4.34. The molecule has 0 saturated carbocycles. The molecule has 0 fully saturated rings. The largest absolute Gasteiger partial charge is 0.471 e. The van der Waals surface area contributed by atoms with Gasteiger partial charge in [-0.25, -0.2) is 0 Å². The first-order chi connectivity index (χ1) is 13.5. The molecule has 146 valence electrons. The number of nitrogens with zero attached hydrogens (tertiary/aromatic N) is 3. The first-order valence-electron chi connectivity index (χ1n) is 9.28. The molecule has 0 bridgehead atoms. The Hall–Kier alpha value is -3.12. The number of hydrogen-bond donors (Lipinski definition) is 1. The maximum absolute atomic E-state index is 11.3. The van der Waals surface area contributed by atoms with Gasteiger partial charge in [-0.15, -0.1) is 5.10 Å². The summed E-state index contributed by atoms with van der Waals surface area (Å²) in [6.07, 6.45) is 2.20. The highest BCUT2D eigenvalue weighted by molar-refractivity contribution is 5.77. The van der Waals surface area contributed by atoms with Gasteiger partial charge in [-0.1, -0.05) is 54.6 Å². The zero-order chi connectivity index (χ0) is 19.9. The lowest BCUT2D eigenvalue weighted by molar-refractivity contribution is -0.117. The molecule has 6 nitrogen and oxygen atoms in total. The van der Waals surface area contributed by atoms with Crippen molar-refractivity contribution in [2.24, 2.45) is 5.73 Å². The zero-order valence-corrected chi connectivity index (χ0v) is 16.3. The van der Waals surface area contributed by atoms with E-state index in [1.54, 1.807) is 0 Å². The normalized spacial score (nSPS) is 11.0. The van der Waals surface area contributed by atoms with Gasteiger partial charge in [0.15, 0.2) is 0 Å². The van der Waals surface area contributed by atoms with E-state index < -0.39 is 0 Å². The molecule has 3 rings (SSSR count). The van der Waals surface area contributed by atoms with Gasteiger partial charge in [-0.3, -0.25) is 9.48 Å². The molecule has 0 radical (unpaired) electrons. The summed E-state index contributed by atoms with van der Waals surface area (Å²) in [7, 11) is 4.06. The van der Waals surface area contributed by atoms with Gasteiger partial charge in [0.25, 0.3) is 0 Å². The summed E-state index contributed by atoms with van der Waals surface area (Å²) in [6, 6.07) is 17.8. The van der Waals surface area contributed by atoms with E-state index in [-0.39, 0.29) is 12.3 Å². The van der Waals surface area contributed by atoms with E-state index in [4.69, 9.17) is 10.5 Å². The van der Waals surface area contributed by atoms with Crippen molar-refractivity contribution in [2.45, 2.75) is 19.6 Å². The van der Waals surface area contributed by atoms with Crippen LogP contribution in [0.1, 0.15) is 11.1 Å². The third-order valence-corrected chi connectivity index (χ3v) is 4.34. The van der Waals surface area contributed by atoms with Crippen LogP contribution in [0.4, 0.5) is 0 Å². The maximum atomic E-state index is 11.3. The van der Waals surface area contributed by atoms with Crippen LogP contribution in [0.2, 0.25) is 0 Å². The minimum absolute atomic E-state index is 0.211. The maximum Gasteiger partial charge on any atom is 0.241 e. The average molecular weight is 378 g/mol. The first kappa shape index (κ1) is 19.6. The SMILES string of the molecule is CN(C)CCn1cc(-c2cccc(CC(N)=O)c2)c(OCc2ccccc2)n1. The highest BCUT2D eigenvalue weighted by atomic mass is 16.5. The Labute approximate surface area is 165 Å². The monoisotopic (exact) mass is 378 g/mol. The molecule has 1 heterocycles. The quantitative estimate of drug-likeness (QED) is 0.621. The smallest absolute Gasteiger partial charge is 0.241 e. The van der Waals surface area contributed by atoms with Crippen molar-refractivity contribution in [3.8, 4) is 17.0 Å². The van der Waals surface area contributed by atoms with Crippen LogP contribution in [0.15, 0.2) is 60.8 Å². The summed E-state index contributed by atoms with van der Waals surface area (Å²) in [5.74, 6) is 0.234. The molecule has 6 heteroatoms. The molecule has 0 spiro atoms. The first-order valence-corrected chi connectivity index (χ1v) is 9.28. The van der Waals surface area contributed by atoms with E-state index in [0.717, 1.165) is 35.3 Å². The molecule has 1 amide bonds. The van der Waals surface area contributed by atoms with Crippen LogP contribution in [0.25, 0.3) is 11.1 Å². The van der Waals surface area contributed by atoms with Crippen LogP contribution in [-0.2, 0) is 24.4 Å². The van der Waals surface area contributed by atoms with E-state index >= 15 is 0 Å². The van der Waals surface area contributed by atoms with Crippen LogP contribution >= 0.6 is 0 Å². The fourth-order valence-corrected chi connectivity index (χ4v) is 2.90. The number of carbonyl (C=O) groups is 1. The number of benzene rings is 2. The van der Waals surface area contributed by atoms with Gasteiger partial charge in [0.05, 0.1) is 18.5 Å². The van der Waals surface area contributed by atoms with E-state index in [1.165, 1.54) is 0 Å². The topological polar surface area (TPSA) is 73.4 Å². The Balaban J connectivity index is 1.87. The molecule has 0 aliphatic heterocycles. The molecule has 0 aliphatic rings. The van der Waals surface area contributed by atoms with Crippen LogP contribution in [0.5, 0.6) is 5.88 Å². The van der Waals surface area contributed by atoms with Gasteiger partial charge in [0.2, 0.25) is 11.8 Å². The van der Waals surface area contributed by atoms with Crippen LogP contribution in [0.3, 0.4) is 0 Å². The Morgan fingerprint density at radius 2 is 1.86 bits per heavy atom. The summed E-state index contributed by atoms with van der Waals surface area (Å²) in [4.78, 5) is 13.4. The highest BCUT2D eigenvalue weighted by Crippen LogP contribution is 2.30. The predicted octanol–water partition coefficient (Wildman–Crippen LogP) is 2.72.